The standard InChI is InChI=1S/C21H2F18S3/c22-13(23)3-1-40-9(5(3)15(26,27)19(13,34)35)11-7-8(18(32,33)21(38,39)17(7,30)31)12(42-11)10-6-4(2-41-10)14(24,25)20(36,37)16(6,28)29/h1-2H. The zero-order chi connectivity index (χ0) is 31.8. The molecule has 6 rings (SSSR count). The van der Waals surface area contributed by atoms with Crippen LogP contribution in [-0.2, 0) is 35.5 Å². The van der Waals surface area contributed by atoms with Crippen molar-refractivity contribution in [3.8, 4) is 19.5 Å². The molecule has 0 saturated heterocycles. The Morgan fingerprint density at radius 1 is 0.333 bits per heavy atom. The molecule has 3 aromatic rings. The van der Waals surface area contributed by atoms with E-state index in [2.05, 4.69) is 0 Å². The Balaban J connectivity index is 1.73. The quantitative estimate of drug-likeness (QED) is 0.235. The maximum absolute atomic E-state index is 15.0. The number of thiophene rings is 3. The smallest absolute Gasteiger partial charge is 0.194 e. The Bertz CT molecular complexity index is 1560. The summed E-state index contributed by atoms with van der Waals surface area (Å²) in [7, 11) is 0. The number of alkyl halides is 18. The van der Waals surface area contributed by atoms with Crippen LogP contribution in [-0.4, -0.2) is 17.8 Å². The molecule has 0 aliphatic heterocycles. The first-order valence-electron chi connectivity index (χ1n) is 10.5. The van der Waals surface area contributed by atoms with E-state index in [-0.39, 0.29) is 10.8 Å². The van der Waals surface area contributed by atoms with Crippen molar-refractivity contribution < 1.29 is 79.0 Å². The SMILES string of the molecule is FC1(F)c2csc(-c3sc(-c4scc5c4C(F)(F)C(F)(F)C5(F)F)c4c3C(F)(F)C(F)(F)C4(F)F)c2C(F)(F)C1(F)F. The molecule has 21 heteroatoms. The van der Waals surface area contributed by atoms with E-state index in [0.717, 1.165) is 0 Å². The van der Waals surface area contributed by atoms with Gasteiger partial charge in [-0.3, -0.25) is 0 Å². The molecule has 3 aromatic heterocycles. The molecule has 42 heavy (non-hydrogen) atoms. The van der Waals surface area contributed by atoms with Crippen LogP contribution in [0.4, 0.5) is 79.0 Å². The molecular weight excluding hydrogens is 690 g/mol. The third-order valence-electron chi connectivity index (χ3n) is 7.20. The molecule has 0 bridgehead atoms. The van der Waals surface area contributed by atoms with Crippen molar-refractivity contribution in [2.45, 2.75) is 53.3 Å². The Kier molecular flexibility index (Phi) is 5.25. The highest BCUT2D eigenvalue weighted by molar-refractivity contribution is 7.26. The molecule has 0 radical (unpaired) electrons. The van der Waals surface area contributed by atoms with Crippen LogP contribution in [0.2, 0.25) is 0 Å². The molecule has 0 saturated carbocycles. The largest absolute Gasteiger partial charge is 0.380 e. The van der Waals surface area contributed by atoms with Gasteiger partial charge in [-0.1, -0.05) is 0 Å². The Morgan fingerprint density at radius 3 is 0.905 bits per heavy atom. The van der Waals surface area contributed by atoms with Gasteiger partial charge in [0.15, 0.2) is 0 Å². The molecule has 3 heterocycles. The van der Waals surface area contributed by atoms with Crippen LogP contribution in [0.15, 0.2) is 10.8 Å². The third kappa shape index (κ3) is 2.70. The van der Waals surface area contributed by atoms with E-state index in [1.165, 1.54) is 0 Å². The van der Waals surface area contributed by atoms with Crippen LogP contribution in [0.25, 0.3) is 19.5 Å². The van der Waals surface area contributed by atoms with E-state index in [4.69, 9.17) is 0 Å². The summed E-state index contributed by atoms with van der Waals surface area (Å²) in [5.41, 5.74) is -14.5. The van der Waals surface area contributed by atoms with Crippen molar-refractivity contribution in [3.05, 3.63) is 44.1 Å². The number of fused-ring (bicyclic) bond motifs is 3. The molecule has 0 spiro atoms. The summed E-state index contributed by atoms with van der Waals surface area (Å²) in [6.07, 6.45) is 0. The minimum Gasteiger partial charge on any atom is -0.194 e. The summed E-state index contributed by atoms with van der Waals surface area (Å²) < 4.78 is 260. The van der Waals surface area contributed by atoms with Crippen molar-refractivity contribution in [1.29, 1.82) is 0 Å². The molecule has 0 fully saturated rings. The fourth-order valence-electron chi connectivity index (χ4n) is 5.04. The third-order valence-corrected chi connectivity index (χ3v) is 10.7. The average Bonchev–Trinajstić information content (AvgIpc) is 3.61. The summed E-state index contributed by atoms with van der Waals surface area (Å²) >= 11 is -1.76. The second kappa shape index (κ2) is 7.37. The summed E-state index contributed by atoms with van der Waals surface area (Å²) in [6, 6.07) is 0. The van der Waals surface area contributed by atoms with E-state index >= 15 is 0 Å². The van der Waals surface area contributed by atoms with E-state index < -0.39 is 140 Å². The van der Waals surface area contributed by atoms with Crippen LogP contribution in [0, 0.1) is 0 Å². The predicted molar refractivity (Wildman–Crippen MR) is 109 cm³/mol. The molecule has 3 aliphatic rings. The lowest BCUT2D eigenvalue weighted by Gasteiger charge is -2.26. The van der Waals surface area contributed by atoms with Gasteiger partial charge in [0.25, 0.3) is 0 Å². The van der Waals surface area contributed by atoms with E-state index in [9.17, 15) is 79.0 Å². The van der Waals surface area contributed by atoms with Crippen molar-refractivity contribution >= 4 is 34.0 Å². The predicted octanol–water partition coefficient (Wildman–Crippen LogP) is 10.7. The molecule has 0 aromatic carbocycles. The number of rotatable bonds is 2. The molecule has 0 nitrogen and oxygen atoms in total. The molecule has 0 unspecified atom stereocenters. The average molecular weight is 692 g/mol. The second-order valence-electron chi connectivity index (χ2n) is 9.39. The molecule has 0 N–H and O–H groups in total. The first-order valence-corrected chi connectivity index (χ1v) is 13.1. The Morgan fingerprint density at radius 2 is 0.595 bits per heavy atom. The number of hydrogen-bond donors (Lipinski definition) is 0. The lowest BCUT2D eigenvalue weighted by molar-refractivity contribution is -0.302. The first-order chi connectivity index (χ1) is 18.7. The van der Waals surface area contributed by atoms with Gasteiger partial charge in [0, 0.05) is 21.9 Å². The van der Waals surface area contributed by atoms with Crippen LogP contribution < -0.4 is 0 Å². The lowest BCUT2D eigenvalue weighted by atomic mass is 10.0. The van der Waals surface area contributed by atoms with Crippen molar-refractivity contribution in [2.75, 3.05) is 0 Å². The van der Waals surface area contributed by atoms with Crippen LogP contribution in [0.3, 0.4) is 0 Å². The minimum absolute atomic E-state index is 0.118. The molecule has 3 aliphatic carbocycles. The van der Waals surface area contributed by atoms with Gasteiger partial charge in [-0.15, -0.1) is 34.0 Å². The molecule has 0 atom stereocenters. The van der Waals surface area contributed by atoms with Gasteiger partial charge in [0.05, 0.1) is 41.8 Å². The van der Waals surface area contributed by atoms with Gasteiger partial charge in [0.2, 0.25) is 0 Å². The van der Waals surface area contributed by atoms with Crippen molar-refractivity contribution in [3.63, 3.8) is 0 Å². The molecule has 230 valence electrons. The van der Waals surface area contributed by atoms with Gasteiger partial charge >= 0.3 is 53.3 Å². The van der Waals surface area contributed by atoms with Gasteiger partial charge < -0.3 is 0 Å². The monoisotopic (exact) mass is 692 g/mol. The van der Waals surface area contributed by atoms with Gasteiger partial charge in [0.1, 0.15) is 0 Å². The highest BCUT2D eigenvalue weighted by Crippen LogP contribution is 2.73. The zero-order valence-electron chi connectivity index (χ0n) is 18.7. The maximum atomic E-state index is 15.0. The molecule has 0 amide bonds. The fourth-order valence-corrected chi connectivity index (χ4v) is 8.97. The topological polar surface area (TPSA) is 0 Å². The van der Waals surface area contributed by atoms with E-state index in [1.54, 1.807) is 0 Å². The Labute approximate surface area is 230 Å². The summed E-state index contributed by atoms with van der Waals surface area (Å²) in [4.78, 5) is -7.40. The summed E-state index contributed by atoms with van der Waals surface area (Å²) in [6.45, 7) is 0. The van der Waals surface area contributed by atoms with Gasteiger partial charge in [-0.25, -0.2) is 0 Å². The second-order valence-corrected chi connectivity index (χ2v) is 12.2. The highest BCUT2D eigenvalue weighted by atomic mass is 32.1. The van der Waals surface area contributed by atoms with Crippen LogP contribution in [0.5, 0.6) is 0 Å². The number of hydrogen-bond acceptors (Lipinski definition) is 3. The van der Waals surface area contributed by atoms with Crippen molar-refractivity contribution in [1.82, 2.24) is 0 Å². The lowest BCUT2D eigenvalue weighted by Crippen LogP contribution is -2.44. The maximum Gasteiger partial charge on any atom is 0.380 e. The Hall–Kier alpha value is -2.16. The van der Waals surface area contributed by atoms with Crippen molar-refractivity contribution in [2.24, 2.45) is 0 Å². The number of halogens is 18. The van der Waals surface area contributed by atoms with Crippen LogP contribution in [0.1, 0.15) is 33.4 Å². The van der Waals surface area contributed by atoms with E-state index in [0.29, 0.717) is 0 Å². The van der Waals surface area contributed by atoms with Gasteiger partial charge in [-0.05, 0) is 0 Å². The summed E-state index contributed by atoms with van der Waals surface area (Å²) in [5.74, 6) is -54.6. The highest BCUT2D eigenvalue weighted by Gasteiger charge is 2.84. The normalized spacial score (nSPS) is 27.1. The first kappa shape index (κ1) is 29.9. The molecular formula is C21H2F18S3. The zero-order valence-corrected chi connectivity index (χ0v) is 21.1. The van der Waals surface area contributed by atoms with E-state index in [1.807, 2.05) is 0 Å². The minimum atomic E-state index is -6.52. The summed E-state index contributed by atoms with van der Waals surface area (Å²) in [5, 5.41) is -0.237. The van der Waals surface area contributed by atoms with Gasteiger partial charge in [-0.2, -0.15) is 79.0 Å². The van der Waals surface area contributed by atoms with Crippen LogP contribution >= 0.6 is 34.0 Å². The fraction of sp³-hybridized carbons (Fsp3) is 0.429.